The van der Waals surface area contributed by atoms with Gasteiger partial charge in [-0.3, -0.25) is 4.79 Å². The van der Waals surface area contributed by atoms with Crippen LogP contribution in [0.5, 0.6) is 0 Å². The summed E-state index contributed by atoms with van der Waals surface area (Å²) in [6, 6.07) is 31.3. The van der Waals surface area contributed by atoms with E-state index in [-0.39, 0.29) is 11.7 Å². The molecule has 3 aromatic rings. The van der Waals surface area contributed by atoms with Gasteiger partial charge in [0, 0.05) is 17.9 Å². The molecular formula is C35H28O. The van der Waals surface area contributed by atoms with Crippen LogP contribution in [0.1, 0.15) is 35.4 Å². The van der Waals surface area contributed by atoms with Crippen LogP contribution in [0.2, 0.25) is 0 Å². The summed E-state index contributed by atoms with van der Waals surface area (Å²) in [6.45, 7) is 0. The van der Waals surface area contributed by atoms with E-state index in [0.29, 0.717) is 6.42 Å². The molecule has 174 valence electrons. The van der Waals surface area contributed by atoms with Crippen LogP contribution in [0.3, 0.4) is 0 Å². The van der Waals surface area contributed by atoms with E-state index in [1.54, 1.807) is 0 Å². The van der Waals surface area contributed by atoms with Gasteiger partial charge in [-0.05, 0) is 63.5 Å². The molecule has 1 heteroatoms. The Labute approximate surface area is 213 Å². The molecule has 36 heavy (non-hydrogen) atoms. The highest BCUT2D eigenvalue weighted by Crippen LogP contribution is 2.46. The molecule has 6 rings (SSSR count). The summed E-state index contributed by atoms with van der Waals surface area (Å²) in [5.41, 5.74) is 10.5. The summed E-state index contributed by atoms with van der Waals surface area (Å²) in [5, 5.41) is 0. The van der Waals surface area contributed by atoms with E-state index in [1.165, 1.54) is 33.4 Å². The van der Waals surface area contributed by atoms with Crippen molar-refractivity contribution in [3.63, 3.8) is 0 Å². The average Bonchev–Trinajstić information content (AvgIpc) is 3.70. The molecule has 0 amide bonds. The predicted octanol–water partition coefficient (Wildman–Crippen LogP) is 8.12. The van der Waals surface area contributed by atoms with Crippen molar-refractivity contribution in [3.05, 3.63) is 172 Å². The van der Waals surface area contributed by atoms with Gasteiger partial charge in [-0.1, -0.05) is 121 Å². The summed E-state index contributed by atoms with van der Waals surface area (Å²) >= 11 is 0. The summed E-state index contributed by atoms with van der Waals surface area (Å²) < 4.78 is 0. The first-order valence-corrected chi connectivity index (χ1v) is 12.7. The van der Waals surface area contributed by atoms with Gasteiger partial charge in [0.25, 0.3) is 0 Å². The van der Waals surface area contributed by atoms with Crippen molar-refractivity contribution in [2.45, 2.75) is 25.2 Å². The quantitative estimate of drug-likeness (QED) is 0.345. The summed E-state index contributed by atoms with van der Waals surface area (Å²) in [4.78, 5) is 13.8. The Morgan fingerprint density at radius 3 is 2.11 bits per heavy atom. The third-order valence-corrected chi connectivity index (χ3v) is 7.28. The highest BCUT2D eigenvalue weighted by molar-refractivity contribution is 6.04. The minimum Gasteiger partial charge on any atom is -0.294 e. The van der Waals surface area contributed by atoms with Crippen molar-refractivity contribution in [3.8, 4) is 0 Å². The number of benzene rings is 3. The number of hydrogen-bond acceptors (Lipinski definition) is 1. The van der Waals surface area contributed by atoms with Crippen LogP contribution < -0.4 is 0 Å². The van der Waals surface area contributed by atoms with Crippen LogP contribution in [0.15, 0.2) is 155 Å². The molecule has 0 radical (unpaired) electrons. The Morgan fingerprint density at radius 2 is 1.42 bits per heavy atom. The van der Waals surface area contributed by atoms with Crippen molar-refractivity contribution in [2.24, 2.45) is 0 Å². The lowest BCUT2D eigenvalue weighted by molar-refractivity contribution is -0.114. The van der Waals surface area contributed by atoms with Gasteiger partial charge in [0.15, 0.2) is 5.78 Å². The van der Waals surface area contributed by atoms with E-state index < -0.39 is 0 Å². The molecule has 1 unspecified atom stereocenters. The van der Waals surface area contributed by atoms with Crippen LogP contribution in [-0.2, 0) is 11.2 Å². The SMILES string of the molecule is O=C(Cc1ccccc1)C1=C(C2=CC(c3ccccc3)C=C2c2ccccc2)CC(C2=CC=CC2)=C1. The first kappa shape index (κ1) is 22.2. The molecule has 3 aliphatic carbocycles. The lowest BCUT2D eigenvalue weighted by atomic mass is 9.89. The molecule has 0 bridgehead atoms. The number of carbonyl (C=O) groups is 1. The second kappa shape index (κ2) is 9.79. The zero-order chi connectivity index (χ0) is 24.3. The minimum absolute atomic E-state index is 0.186. The molecule has 3 aromatic carbocycles. The molecule has 0 spiro atoms. The summed E-state index contributed by atoms with van der Waals surface area (Å²) in [7, 11) is 0. The summed E-state index contributed by atoms with van der Waals surface area (Å²) in [5.74, 6) is 0.375. The van der Waals surface area contributed by atoms with E-state index in [2.05, 4.69) is 97.1 Å². The van der Waals surface area contributed by atoms with Crippen molar-refractivity contribution < 1.29 is 4.79 Å². The van der Waals surface area contributed by atoms with Crippen molar-refractivity contribution in [2.75, 3.05) is 0 Å². The predicted molar refractivity (Wildman–Crippen MR) is 148 cm³/mol. The lowest BCUT2D eigenvalue weighted by Crippen LogP contribution is -2.07. The number of ketones is 1. The Bertz CT molecular complexity index is 1480. The molecule has 0 N–H and O–H groups in total. The normalized spacial score (nSPS) is 18.7. The van der Waals surface area contributed by atoms with Crippen LogP contribution >= 0.6 is 0 Å². The van der Waals surface area contributed by atoms with Crippen LogP contribution in [-0.4, -0.2) is 5.78 Å². The monoisotopic (exact) mass is 464 g/mol. The van der Waals surface area contributed by atoms with Gasteiger partial charge in [0.05, 0.1) is 0 Å². The van der Waals surface area contributed by atoms with E-state index in [9.17, 15) is 4.79 Å². The maximum Gasteiger partial charge on any atom is 0.167 e. The maximum absolute atomic E-state index is 13.8. The zero-order valence-electron chi connectivity index (χ0n) is 20.2. The Morgan fingerprint density at radius 1 is 0.750 bits per heavy atom. The number of allylic oxidation sites excluding steroid dienone is 12. The smallest absolute Gasteiger partial charge is 0.167 e. The topological polar surface area (TPSA) is 17.1 Å². The fourth-order valence-electron chi connectivity index (χ4n) is 5.44. The van der Waals surface area contributed by atoms with Crippen LogP contribution in [0, 0.1) is 0 Å². The number of carbonyl (C=O) groups excluding carboxylic acids is 1. The van der Waals surface area contributed by atoms with E-state index in [0.717, 1.165) is 29.6 Å². The average molecular weight is 465 g/mol. The number of hydrogen-bond donors (Lipinski definition) is 0. The maximum atomic E-state index is 13.8. The van der Waals surface area contributed by atoms with E-state index in [4.69, 9.17) is 0 Å². The van der Waals surface area contributed by atoms with Gasteiger partial charge < -0.3 is 0 Å². The second-order valence-corrected chi connectivity index (χ2v) is 9.61. The summed E-state index contributed by atoms with van der Waals surface area (Å²) in [6.07, 6.45) is 15.5. The fraction of sp³-hybridized carbons (Fsp3) is 0.114. The zero-order valence-corrected chi connectivity index (χ0v) is 20.2. The highest BCUT2D eigenvalue weighted by Gasteiger charge is 2.30. The van der Waals surface area contributed by atoms with Crippen molar-refractivity contribution in [1.82, 2.24) is 0 Å². The first-order chi connectivity index (χ1) is 17.8. The van der Waals surface area contributed by atoms with E-state index in [1.807, 2.05) is 30.3 Å². The first-order valence-electron chi connectivity index (χ1n) is 12.7. The molecule has 1 nitrogen and oxygen atoms in total. The van der Waals surface area contributed by atoms with Gasteiger partial charge in [0.2, 0.25) is 0 Å². The second-order valence-electron chi connectivity index (χ2n) is 9.61. The van der Waals surface area contributed by atoms with E-state index >= 15 is 0 Å². The molecule has 0 heterocycles. The molecular weight excluding hydrogens is 436 g/mol. The van der Waals surface area contributed by atoms with Crippen LogP contribution in [0.25, 0.3) is 5.57 Å². The molecule has 0 aliphatic heterocycles. The van der Waals surface area contributed by atoms with Gasteiger partial charge in [-0.2, -0.15) is 0 Å². The molecule has 0 aromatic heterocycles. The molecule has 0 saturated carbocycles. The largest absolute Gasteiger partial charge is 0.294 e. The third kappa shape index (κ3) is 4.41. The van der Waals surface area contributed by atoms with Gasteiger partial charge in [-0.15, -0.1) is 0 Å². The standard InChI is InChI=1S/C35H28O/c36-35(20-25-12-4-1-5-13-25)34-24-30(27-16-10-11-17-27)23-33(34)32-22-29(26-14-6-2-7-15-26)21-31(32)28-18-8-3-9-19-28/h1-16,18-19,21-22,24,29H,17,20,23H2. The Balaban J connectivity index is 1.44. The van der Waals surface area contributed by atoms with Gasteiger partial charge in [-0.25, -0.2) is 0 Å². The Kier molecular flexibility index (Phi) is 6.05. The van der Waals surface area contributed by atoms with Crippen molar-refractivity contribution in [1.29, 1.82) is 0 Å². The molecule has 0 saturated heterocycles. The highest BCUT2D eigenvalue weighted by atomic mass is 16.1. The molecule has 3 aliphatic rings. The van der Waals surface area contributed by atoms with Crippen molar-refractivity contribution >= 4 is 11.4 Å². The Hall–Kier alpha value is -4.23. The van der Waals surface area contributed by atoms with Crippen LogP contribution in [0.4, 0.5) is 0 Å². The molecule has 1 atom stereocenters. The third-order valence-electron chi connectivity index (χ3n) is 7.28. The van der Waals surface area contributed by atoms with Gasteiger partial charge in [0.1, 0.15) is 0 Å². The molecule has 0 fully saturated rings. The van der Waals surface area contributed by atoms with Gasteiger partial charge >= 0.3 is 0 Å². The fourth-order valence-corrected chi connectivity index (χ4v) is 5.44. The number of Topliss-reactive ketones (excluding diaryl/α,β-unsaturated/α-hetero) is 1. The minimum atomic E-state index is 0.186. The lowest BCUT2D eigenvalue weighted by Gasteiger charge is -2.14. The number of rotatable bonds is 7.